The van der Waals surface area contributed by atoms with Gasteiger partial charge in [-0.3, -0.25) is 4.98 Å². The normalized spacial score (nSPS) is 8.90. The van der Waals surface area contributed by atoms with Gasteiger partial charge >= 0.3 is 0 Å². The first-order chi connectivity index (χ1) is 4.74. The molecule has 0 amide bonds. The number of hydrogen-bond acceptors (Lipinski definition) is 3. The molecular weight excluding hydrogens is 126 g/mol. The van der Waals surface area contributed by atoms with E-state index in [9.17, 15) is 0 Å². The van der Waals surface area contributed by atoms with Crippen molar-refractivity contribution >= 4 is 0 Å². The van der Waals surface area contributed by atoms with E-state index in [4.69, 9.17) is 5.26 Å². The Balaban J connectivity index is 3.23. The minimum absolute atomic E-state index is 0.408. The number of rotatable bonds is 0. The van der Waals surface area contributed by atoms with Crippen LogP contribution < -0.4 is 0 Å². The smallest absolute Gasteiger partial charge is 0.161 e. The van der Waals surface area contributed by atoms with E-state index in [0.717, 1.165) is 5.69 Å². The molecule has 0 radical (unpaired) electrons. The van der Waals surface area contributed by atoms with Crippen LogP contribution in [0.15, 0.2) is 6.20 Å². The molecule has 1 heterocycles. The van der Waals surface area contributed by atoms with Crippen LogP contribution in [0.1, 0.15) is 17.1 Å². The Morgan fingerprint density at radius 1 is 1.50 bits per heavy atom. The zero-order chi connectivity index (χ0) is 7.56. The lowest BCUT2D eigenvalue weighted by Crippen LogP contribution is -1.93. The third-order valence-electron chi connectivity index (χ3n) is 1.17. The average molecular weight is 133 g/mol. The lowest BCUT2D eigenvalue weighted by Gasteiger charge is -1.94. The lowest BCUT2D eigenvalue weighted by molar-refractivity contribution is 1.03. The molecule has 3 heteroatoms. The first-order valence-corrected chi connectivity index (χ1v) is 2.94. The fourth-order valence-electron chi connectivity index (χ4n) is 0.708. The summed E-state index contributed by atoms with van der Waals surface area (Å²) in [4.78, 5) is 7.93. The number of aryl methyl sites for hydroxylation is 2. The van der Waals surface area contributed by atoms with Crippen molar-refractivity contribution in [1.29, 1.82) is 5.26 Å². The fraction of sp³-hybridized carbons (Fsp3) is 0.286. The molecule has 0 bridgehead atoms. The highest BCUT2D eigenvalue weighted by molar-refractivity contribution is 5.24. The summed E-state index contributed by atoms with van der Waals surface area (Å²) in [5.74, 6) is 0. The maximum absolute atomic E-state index is 8.46. The van der Waals surface area contributed by atoms with Crippen molar-refractivity contribution in [2.45, 2.75) is 13.8 Å². The number of nitriles is 1. The van der Waals surface area contributed by atoms with Gasteiger partial charge in [0.15, 0.2) is 5.69 Å². The van der Waals surface area contributed by atoms with E-state index < -0.39 is 0 Å². The van der Waals surface area contributed by atoms with Gasteiger partial charge in [0.05, 0.1) is 11.4 Å². The molecule has 0 unspecified atom stereocenters. The molecule has 1 aromatic heterocycles. The minimum Gasteiger partial charge on any atom is -0.254 e. The molecule has 0 saturated heterocycles. The zero-order valence-corrected chi connectivity index (χ0v) is 5.92. The Hall–Kier alpha value is -1.43. The second kappa shape index (κ2) is 2.44. The van der Waals surface area contributed by atoms with Crippen molar-refractivity contribution in [1.82, 2.24) is 9.97 Å². The van der Waals surface area contributed by atoms with Crippen LogP contribution in [0.25, 0.3) is 0 Å². The third-order valence-corrected chi connectivity index (χ3v) is 1.17. The Morgan fingerprint density at radius 3 is 2.70 bits per heavy atom. The molecule has 0 N–H and O–H groups in total. The standard InChI is InChI=1S/C7H7N3/c1-5-4-9-7(3-8)6(2)10-5/h4H,1-2H3. The summed E-state index contributed by atoms with van der Waals surface area (Å²) in [5, 5.41) is 8.46. The van der Waals surface area contributed by atoms with Crippen LogP contribution in [0, 0.1) is 25.2 Å². The molecule has 0 aliphatic carbocycles. The quantitative estimate of drug-likeness (QED) is 0.529. The summed E-state index contributed by atoms with van der Waals surface area (Å²) in [7, 11) is 0. The third kappa shape index (κ3) is 1.11. The fourth-order valence-corrected chi connectivity index (χ4v) is 0.708. The number of nitrogens with zero attached hydrogens (tertiary/aromatic N) is 3. The van der Waals surface area contributed by atoms with E-state index >= 15 is 0 Å². The van der Waals surface area contributed by atoms with E-state index in [1.165, 1.54) is 0 Å². The predicted molar refractivity (Wildman–Crippen MR) is 36.2 cm³/mol. The maximum atomic E-state index is 8.46. The summed E-state index contributed by atoms with van der Waals surface area (Å²) in [6.07, 6.45) is 1.59. The Morgan fingerprint density at radius 2 is 2.20 bits per heavy atom. The van der Waals surface area contributed by atoms with Crippen molar-refractivity contribution in [3.8, 4) is 6.07 Å². The van der Waals surface area contributed by atoms with Crippen LogP contribution in [0.3, 0.4) is 0 Å². The van der Waals surface area contributed by atoms with Crippen molar-refractivity contribution < 1.29 is 0 Å². The summed E-state index contributed by atoms with van der Waals surface area (Å²) in [5.41, 5.74) is 1.95. The van der Waals surface area contributed by atoms with Crippen LogP contribution in [-0.2, 0) is 0 Å². The molecular formula is C7H7N3. The second-order valence-electron chi connectivity index (χ2n) is 2.06. The van der Waals surface area contributed by atoms with Crippen molar-refractivity contribution in [2.75, 3.05) is 0 Å². The number of aromatic nitrogens is 2. The molecule has 1 aromatic rings. The van der Waals surface area contributed by atoms with Gasteiger partial charge in [0.25, 0.3) is 0 Å². The van der Waals surface area contributed by atoms with Crippen LogP contribution in [0.2, 0.25) is 0 Å². The van der Waals surface area contributed by atoms with Crippen LogP contribution >= 0.6 is 0 Å². The Labute approximate surface area is 59.4 Å². The molecule has 1 rings (SSSR count). The van der Waals surface area contributed by atoms with Crippen molar-refractivity contribution in [3.05, 3.63) is 23.3 Å². The van der Waals surface area contributed by atoms with E-state index in [0.29, 0.717) is 11.4 Å². The summed E-state index contributed by atoms with van der Waals surface area (Å²) in [6.45, 7) is 3.62. The second-order valence-corrected chi connectivity index (χ2v) is 2.06. The van der Waals surface area contributed by atoms with Gasteiger partial charge in [0.2, 0.25) is 0 Å². The summed E-state index contributed by atoms with van der Waals surface area (Å²) < 4.78 is 0. The van der Waals surface area contributed by atoms with Gasteiger partial charge in [0, 0.05) is 6.20 Å². The molecule has 0 spiro atoms. The van der Waals surface area contributed by atoms with Gasteiger partial charge in [-0.05, 0) is 13.8 Å². The van der Waals surface area contributed by atoms with Gasteiger partial charge in [-0.15, -0.1) is 0 Å². The van der Waals surface area contributed by atoms with E-state index in [-0.39, 0.29) is 0 Å². The van der Waals surface area contributed by atoms with Gasteiger partial charge in [-0.2, -0.15) is 5.26 Å². The highest BCUT2D eigenvalue weighted by atomic mass is 14.8. The van der Waals surface area contributed by atoms with Crippen molar-refractivity contribution in [2.24, 2.45) is 0 Å². The van der Waals surface area contributed by atoms with E-state index in [1.807, 2.05) is 13.0 Å². The Bertz CT molecular complexity index is 285. The average Bonchev–Trinajstić information content (AvgIpc) is 1.88. The van der Waals surface area contributed by atoms with Gasteiger partial charge in [-0.1, -0.05) is 0 Å². The predicted octanol–water partition coefficient (Wildman–Crippen LogP) is 0.965. The first kappa shape index (κ1) is 6.69. The van der Waals surface area contributed by atoms with Gasteiger partial charge in [-0.25, -0.2) is 4.98 Å². The van der Waals surface area contributed by atoms with Gasteiger partial charge < -0.3 is 0 Å². The van der Waals surface area contributed by atoms with Crippen molar-refractivity contribution in [3.63, 3.8) is 0 Å². The lowest BCUT2D eigenvalue weighted by atomic mass is 10.3. The molecule has 3 nitrogen and oxygen atoms in total. The monoisotopic (exact) mass is 133 g/mol. The molecule has 0 aromatic carbocycles. The number of hydrogen-bond donors (Lipinski definition) is 0. The minimum atomic E-state index is 0.408. The van der Waals surface area contributed by atoms with Gasteiger partial charge in [0.1, 0.15) is 6.07 Å². The van der Waals surface area contributed by atoms with Crippen LogP contribution in [-0.4, -0.2) is 9.97 Å². The highest BCUT2D eigenvalue weighted by Crippen LogP contribution is 1.98. The molecule has 0 aliphatic heterocycles. The van der Waals surface area contributed by atoms with Crippen LogP contribution in [0.5, 0.6) is 0 Å². The largest absolute Gasteiger partial charge is 0.254 e. The molecule has 0 atom stereocenters. The SMILES string of the molecule is Cc1cnc(C#N)c(C)n1. The van der Waals surface area contributed by atoms with E-state index in [1.54, 1.807) is 13.1 Å². The van der Waals surface area contributed by atoms with E-state index in [2.05, 4.69) is 9.97 Å². The maximum Gasteiger partial charge on any atom is 0.161 e. The first-order valence-electron chi connectivity index (χ1n) is 2.94. The summed E-state index contributed by atoms with van der Waals surface area (Å²) in [6, 6.07) is 1.95. The molecule has 10 heavy (non-hydrogen) atoms. The van der Waals surface area contributed by atoms with Crippen LogP contribution in [0.4, 0.5) is 0 Å². The zero-order valence-electron chi connectivity index (χ0n) is 5.92. The highest BCUT2D eigenvalue weighted by Gasteiger charge is 1.97. The Kier molecular flexibility index (Phi) is 1.63. The topological polar surface area (TPSA) is 49.6 Å². The molecule has 0 saturated carbocycles. The molecule has 0 fully saturated rings. The molecule has 50 valence electrons. The molecule has 0 aliphatic rings. The summed E-state index contributed by atoms with van der Waals surface area (Å²) >= 11 is 0.